The summed E-state index contributed by atoms with van der Waals surface area (Å²) in [5.74, 6) is 0. The highest BCUT2D eigenvalue weighted by atomic mass is 32.1. The van der Waals surface area contributed by atoms with Gasteiger partial charge >= 0.3 is 0 Å². The number of thiocarbonyl (C=S) groups is 2. The van der Waals surface area contributed by atoms with Crippen LogP contribution in [-0.4, -0.2) is 10.2 Å². The summed E-state index contributed by atoms with van der Waals surface area (Å²) in [6.45, 7) is 4.12. The second-order valence-electron chi connectivity index (χ2n) is 7.66. The number of nitrogens with zero attached hydrogens (tertiary/aromatic N) is 1. The van der Waals surface area contributed by atoms with Crippen LogP contribution in [0.3, 0.4) is 0 Å². The van der Waals surface area contributed by atoms with Crippen molar-refractivity contribution in [2.75, 3.05) is 15.5 Å². The lowest BCUT2D eigenvalue weighted by Crippen LogP contribution is -2.30. The normalized spacial score (nSPS) is 9.82. The van der Waals surface area contributed by atoms with Crippen molar-refractivity contribution in [3.8, 4) is 0 Å². The minimum absolute atomic E-state index is 0.345. The van der Waals surface area contributed by atoms with Crippen molar-refractivity contribution < 1.29 is 0 Å². The number of hydrogen-bond acceptors (Lipinski definition) is 2. The highest BCUT2D eigenvalue weighted by Gasteiger charge is 2.10. The van der Waals surface area contributed by atoms with Crippen LogP contribution in [0, 0.1) is 13.8 Å². The van der Waals surface area contributed by atoms with Gasteiger partial charge in [0.1, 0.15) is 0 Å². The largest absolute Gasteiger partial charge is 0.376 e. The molecule has 0 aliphatic rings. The molecule has 6 heteroatoms. The molecule has 0 fully saturated rings. The molecule has 0 atom stereocenters. The molecule has 0 bridgehead atoms. The summed E-state index contributed by atoms with van der Waals surface area (Å²) in [6.07, 6.45) is 0. The van der Waals surface area contributed by atoms with E-state index in [-0.39, 0.29) is 0 Å². The van der Waals surface area contributed by atoms with Crippen molar-refractivity contribution in [3.63, 3.8) is 0 Å². The summed E-state index contributed by atoms with van der Waals surface area (Å²) in [4.78, 5) is 1.84. The molecule has 4 N–H and O–H groups in total. The van der Waals surface area contributed by atoms with E-state index < -0.39 is 0 Å². The molecule has 0 unspecified atom stereocenters. The van der Waals surface area contributed by atoms with E-state index in [0.717, 1.165) is 22.7 Å². The van der Waals surface area contributed by atoms with Gasteiger partial charge in [0.25, 0.3) is 0 Å². The van der Waals surface area contributed by atoms with Gasteiger partial charge in [0.2, 0.25) is 0 Å². The Morgan fingerprint density at radius 3 is 1.26 bits per heavy atom. The first-order valence-corrected chi connectivity index (χ1v) is 11.6. The monoisotopic (exact) mass is 484 g/mol. The van der Waals surface area contributed by atoms with Crippen LogP contribution in [0.15, 0.2) is 109 Å². The Hall–Kier alpha value is -3.74. The number of hydrogen-bond donors (Lipinski definition) is 3. The predicted octanol–water partition coefficient (Wildman–Crippen LogP) is 7.18. The summed E-state index contributed by atoms with van der Waals surface area (Å²) >= 11 is 10.3. The van der Waals surface area contributed by atoms with Gasteiger partial charge in [-0.3, -0.25) is 4.90 Å². The van der Waals surface area contributed by atoms with Gasteiger partial charge in [-0.05, 0) is 86.8 Å². The Balaban J connectivity index is 0.000000192. The van der Waals surface area contributed by atoms with E-state index >= 15 is 0 Å². The fraction of sp³-hybridized carbons (Fsp3) is 0.0714. The summed E-state index contributed by atoms with van der Waals surface area (Å²) in [5, 5.41) is 7.25. The van der Waals surface area contributed by atoms with Crippen molar-refractivity contribution in [3.05, 3.63) is 120 Å². The summed E-state index contributed by atoms with van der Waals surface area (Å²) in [6, 6.07) is 35.9. The van der Waals surface area contributed by atoms with Crippen molar-refractivity contribution in [1.82, 2.24) is 0 Å². The molecule has 0 saturated heterocycles. The summed E-state index contributed by atoms with van der Waals surface area (Å²) in [7, 11) is 0. The number of rotatable bonds is 4. The van der Waals surface area contributed by atoms with E-state index in [4.69, 9.17) is 30.2 Å². The minimum Gasteiger partial charge on any atom is -0.376 e. The summed E-state index contributed by atoms with van der Waals surface area (Å²) < 4.78 is 0. The first-order chi connectivity index (χ1) is 16.4. The van der Waals surface area contributed by atoms with Gasteiger partial charge in [-0.15, -0.1) is 0 Å². The van der Waals surface area contributed by atoms with Gasteiger partial charge in [0.05, 0.1) is 0 Å². The van der Waals surface area contributed by atoms with Crippen LogP contribution >= 0.6 is 24.4 Å². The van der Waals surface area contributed by atoms with E-state index in [2.05, 4.69) is 48.7 Å². The van der Waals surface area contributed by atoms with Gasteiger partial charge in [-0.2, -0.15) is 0 Å². The highest BCUT2D eigenvalue weighted by molar-refractivity contribution is 7.80. The molecule has 4 rings (SSSR count). The van der Waals surface area contributed by atoms with E-state index in [1.165, 1.54) is 11.1 Å². The van der Waals surface area contributed by atoms with Crippen LogP contribution < -0.4 is 21.3 Å². The smallest absolute Gasteiger partial charge is 0.175 e. The molecule has 4 nitrogen and oxygen atoms in total. The molecule has 34 heavy (non-hydrogen) atoms. The number of nitrogens with two attached hydrogens (primary N) is 1. The molecular weight excluding hydrogens is 456 g/mol. The Morgan fingerprint density at radius 2 is 0.941 bits per heavy atom. The molecule has 0 heterocycles. The van der Waals surface area contributed by atoms with Crippen LogP contribution in [0.2, 0.25) is 0 Å². The second kappa shape index (κ2) is 12.5. The van der Waals surface area contributed by atoms with Gasteiger partial charge in [0.15, 0.2) is 10.2 Å². The van der Waals surface area contributed by atoms with Gasteiger partial charge in [-0.25, -0.2) is 0 Å². The van der Waals surface area contributed by atoms with Crippen LogP contribution in [-0.2, 0) is 0 Å². The molecule has 0 amide bonds. The molecule has 0 aromatic heterocycles. The van der Waals surface area contributed by atoms with Crippen LogP contribution in [0.25, 0.3) is 0 Å². The molecule has 4 aromatic rings. The third-order valence-electron chi connectivity index (χ3n) is 4.87. The van der Waals surface area contributed by atoms with Gasteiger partial charge in [0, 0.05) is 22.7 Å². The fourth-order valence-electron chi connectivity index (χ4n) is 3.12. The molecule has 0 aliphatic heterocycles. The lowest BCUT2D eigenvalue weighted by Gasteiger charge is -2.22. The third kappa shape index (κ3) is 7.69. The molecular formula is C28H28N4S2. The lowest BCUT2D eigenvalue weighted by molar-refractivity contribution is 1.34. The maximum Gasteiger partial charge on any atom is 0.175 e. The number of para-hydroxylation sites is 2. The van der Waals surface area contributed by atoms with Crippen molar-refractivity contribution >= 4 is 57.4 Å². The lowest BCUT2D eigenvalue weighted by atomic mass is 10.2. The standard InChI is InChI=1S/C15H16N2S.C13H12N2S/c1-11-3-7-13(8-4-11)16-15(18)17-14-9-5-12(2)6-10-14;14-13(16)15(11-7-3-1-4-8-11)12-9-5-2-6-10-12/h3-10H,1-2H3,(H2,16,17,18);1-10H,(H2,14,16). The Bertz CT molecular complexity index is 1100. The van der Waals surface area contributed by atoms with Gasteiger partial charge in [-0.1, -0.05) is 71.8 Å². The van der Waals surface area contributed by atoms with Crippen molar-refractivity contribution in [2.24, 2.45) is 5.73 Å². The third-order valence-corrected chi connectivity index (χ3v) is 5.25. The van der Waals surface area contributed by atoms with Crippen molar-refractivity contribution in [1.29, 1.82) is 0 Å². The van der Waals surface area contributed by atoms with E-state index in [1.807, 2.05) is 89.8 Å². The predicted molar refractivity (Wildman–Crippen MR) is 154 cm³/mol. The number of anilines is 4. The molecule has 172 valence electrons. The molecule has 0 saturated carbocycles. The van der Waals surface area contributed by atoms with Crippen LogP contribution in [0.4, 0.5) is 22.7 Å². The van der Waals surface area contributed by atoms with Gasteiger partial charge < -0.3 is 16.4 Å². The van der Waals surface area contributed by atoms with Crippen LogP contribution in [0.1, 0.15) is 11.1 Å². The number of aryl methyl sites for hydroxylation is 2. The quantitative estimate of drug-likeness (QED) is 0.267. The summed E-state index contributed by atoms with van der Waals surface area (Å²) in [5.41, 5.74) is 12.2. The first kappa shape index (κ1) is 24.9. The Kier molecular flexibility index (Phi) is 9.14. The Labute approximate surface area is 212 Å². The first-order valence-electron chi connectivity index (χ1n) is 10.8. The molecule has 0 aliphatic carbocycles. The number of benzene rings is 4. The maximum absolute atomic E-state index is 5.76. The second-order valence-corrected chi connectivity index (χ2v) is 8.48. The fourth-order valence-corrected chi connectivity index (χ4v) is 3.57. The zero-order valence-electron chi connectivity index (χ0n) is 19.2. The topological polar surface area (TPSA) is 53.3 Å². The van der Waals surface area contributed by atoms with E-state index in [0.29, 0.717) is 10.2 Å². The Morgan fingerprint density at radius 1 is 0.588 bits per heavy atom. The molecule has 0 spiro atoms. The SMILES string of the molecule is Cc1ccc(NC(=S)Nc2ccc(C)cc2)cc1.NC(=S)N(c1ccccc1)c1ccccc1. The molecule has 4 aromatic carbocycles. The van der Waals surface area contributed by atoms with E-state index in [1.54, 1.807) is 0 Å². The van der Waals surface area contributed by atoms with Crippen LogP contribution in [0.5, 0.6) is 0 Å². The van der Waals surface area contributed by atoms with E-state index in [9.17, 15) is 0 Å². The van der Waals surface area contributed by atoms with Crippen molar-refractivity contribution in [2.45, 2.75) is 13.8 Å². The molecule has 0 radical (unpaired) electrons. The average molecular weight is 485 g/mol. The minimum atomic E-state index is 0.345. The highest BCUT2D eigenvalue weighted by Crippen LogP contribution is 2.24. The zero-order chi connectivity index (χ0) is 24.3. The average Bonchev–Trinajstić information content (AvgIpc) is 2.84. The number of nitrogens with one attached hydrogen (secondary N) is 2. The maximum atomic E-state index is 5.76. The zero-order valence-corrected chi connectivity index (χ0v) is 20.9.